The van der Waals surface area contributed by atoms with Crippen molar-refractivity contribution in [3.05, 3.63) is 29.5 Å². The average Bonchev–Trinajstić information content (AvgIpc) is 2.29. The second kappa shape index (κ2) is 4.59. The SMILES string of the molecule is COCc1cc(N)c2c(C)ccc(OC)c2n1. The van der Waals surface area contributed by atoms with Crippen LogP contribution in [0, 0.1) is 6.92 Å². The molecule has 90 valence electrons. The van der Waals surface area contributed by atoms with Gasteiger partial charge in [0.1, 0.15) is 11.3 Å². The third-order valence-corrected chi connectivity index (χ3v) is 2.73. The molecule has 1 heterocycles. The van der Waals surface area contributed by atoms with Crippen LogP contribution in [0.15, 0.2) is 18.2 Å². The zero-order valence-corrected chi connectivity index (χ0v) is 10.3. The Kier molecular flexibility index (Phi) is 3.15. The Morgan fingerprint density at radius 2 is 2.06 bits per heavy atom. The Hall–Kier alpha value is -1.81. The van der Waals surface area contributed by atoms with Crippen LogP contribution in [-0.2, 0) is 11.3 Å². The van der Waals surface area contributed by atoms with Crippen LogP contribution in [0.25, 0.3) is 10.9 Å². The summed E-state index contributed by atoms with van der Waals surface area (Å²) >= 11 is 0. The maximum Gasteiger partial charge on any atom is 0.145 e. The van der Waals surface area contributed by atoms with Gasteiger partial charge in [-0.25, -0.2) is 4.98 Å². The Morgan fingerprint density at radius 1 is 1.29 bits per heavy atom. The number of fused-ring (bicyclic) bond motifs is 1. The van der Waals surface area contributed by atoms with E-state index in [0.29, 0.717) is 12.3 Å². The topological polar surface area (TPSA) is 57.4 Å². The highest BCUT2D eigenvalue weighted by atomic mass is 16.5. The highest BCUT2D eigenvalue weighted by Gasteiger charge is 2.10. The molecule has 0 aliphatic carbocycles. The van der Waals surface area contributed by atoms with E-state index in [4.69, 9.17) is 15.2 Å². The number of methoxy groups -OCH3 is 2. The van der Waals surface area contributed by atoms with Crippen LogP contribution in [0.5, 0.6) is 5.75 Å². The molecule has 2 N–H and O–H groups in total. The number of nitrogens with zero attached hydrogens (tertiary/aromatic N) is 1. The molecule has 1 aromatic carbocycles. The van der Waals surface area contributed by atoms with Gasteiger partial charge in [-0.05, 0) is 24.6 Å². The molecule has 2 rings (SSSR count). The number of rotatable bonds is 3. The normalized spacial score (nSPS) is 10.8. The molecular formula is C13H16N2O2. The van der Waals surface area contributed by atoms with Crippen molar-refractivity contribution >= 4 is 16.6 Å². The van der Waals surface area contributed by atoms with E-state index in [1.807, 2.05) is 25.1 Å². The first-order valence-corrected chi connectivity index (χ1v) is 5.39. The zero-order valence-electron chi connectivity index (χ0n) is 10.3. The first kappa shape index (κ1) is 11.7. The summed E-state index contributed by atoms with van der Waals surface area (Å²) in [7, 11) is 3.26. The lowest BCUT2D eigenvalue weighted by Crippen LogP contribution is -2.00. The van der Waals surface area contributed by atoms with E-state index in [9.17, 15) is 0 Å². The first-order chi connectivity index (χ1) is 8.17. The number of aromatic nitrogens is 1. The number of hydrogen-bond acceptors (Lipinski definition) is 4. The molecule has 1 aromatic heterocycles. The number of nitrogens with two attached hydrogens (primary N) is 1. The molecule has 4 nitrogen and oxygen atoms in total. The zero-order chi connectivity index (χ0) is 12.4. The Balaban J connectivity index is 2.75. The largest absolute Gasteiger partial charge is 0.494 e. The van der Waals surface area contributed by atoms with Crippen LogP contribution in [0.4, 0.5) is 5.69 Å². The fourth-order valence-electron chi connectivity index (χ4n) is 1.96. The van der Waals surface area contributed by atoms with Crippen molar-refractivity contribution in [2.24, 2.45) is 0 Å². The van der Waals surface area contributed by atoms with Gasteiger partial charge in [-0.3, -0.25) is 0 Å². The van der Waals surface area contributed by atoms with Crippen molar-refractivity contribution in [2.45, 2.75) is 13.5 Å². The minimum atomic E-state index is 0.442. The highest BCUT2D eigenvalue weighted by molar-refractivity contribution is 5.96. The highest BCUT2D eigenvalue weighted by Crippen LogP contribution is 2.31. The predicted molar refractivity (Wildman–Crippen MR) is 68.2 cm³/mol. The molecule has 0 spiro atoms. The van der Waals surface area contributed by atoms with Gasteiger partial charge in [-0.15, -0.1) is 0 Å². The van der Waals surface area contributed by atoms with Gasteiger partial charge in [0.05, 0.1) is 19.4 Å². The first-order valence-electron chi connectivity index (χ1n) is 5.39. The molecule has 0 fully saturated rings. The van der Waals surface area contributed by atoms with E-state index in [-0.39, 0.29) is 0 Å². The van der Waals surface area contributed by atoms with Gasteiger partial charge in [0.15, 0.2) is 0 Å². The van der Waals surface area contributed by atoms with Crippen molar-refractivity contribution in [2.75, 3.05) is 20.0 Å². The molecular weight excluding hydrogens is 216 g/mol. The van der Waals surface area contributed by atoms with Gasteiger partial charge in [0.2, 0.25) is 0 Å². The van der Waals surface area contributed by atoms with Crippen molar-refractivity contribution in [1.29, 1.82) is 0 Å². The minimum Gasteiger partial charge on any atom is -0.494 e. The predicted octanol–water partition coefficient (Wildman–Crippen LogP) is 2.28. The summed E-state index contributed by atoms with van der Waals surface area (Å²) in [5, 5.41) is 0.948. The van der Waals surface area contributed by atoms with E-state index in [0.717, 1.165) is 27.9 Å². The molecule has 0 atom stereocenters. The average molecular weight is 232 g/mol. The minimum absolute atomic E-state index is 0.442. The van der Waals surface area contributed by atoms with Crippen LogP contribution in [0.1, 0.15) is 11.3 Å². The molecule has 0 radical (unpaired) electrons. The summed E-state index contributed by atoms with van der Waals surface area (Å²) in [5.41, 5.74) is 9.46. The summed E-state index contributed by atoms with van der Waals surface area (Å²) in [6.45, 7) is 2.45. The third kappa shape index (κ3) is 2.03. The number of benzene rings is 1. The molecule has 17 heavy (non-hydrogen) atoms. The summed E-state index contributed by atoms with van der Waals surface area (Å²) in [4.78, 5) is 4.53. The number of anilines is 1. The smallest absolute Gasteiger partial charge is 0.145 e. The Labute approximate surface area is 100 Å². The quantitative estimate of drug-likeness (QED) is 0.882. The maximum absolute atomic E-state index is 6.06. The van der Waals surface area contributed by atoms with Gasteiger partial charge >= 0.3 is 0 Å². The van der Waals surface area contributed by atoms with Crippen LogP contribution >= 0.6 is 0 Å². The van der Waals surface area contributed by atoms with E-state index in [1.165, 1.54) is 0 Å². The lowest BCUT2D eigenvalue weighted by molar-refractivity contribution is 0.182. The molecule has 0 saturated carbocycles. The van der Waals surface area contributed by atoms with E-state index in [1.54, 1.807) is 14.2 Å². The molecule has 0 saturated heterocycles. The number of hydrogen-bond donors (Lipinski definition) is 1. The van der Waals surface area contributed by atoms with Gasteiger partial charge in [0.25, 0.3) is 0 Å². The molecule has 0 unspecified atom stereocenters. The van der Waals surface area contributed by atoms with Crippen molar-refractivity contribution in [1.82, 2.24) is 4.98 Å². The lowest BCUT2D eigenvalue weighted by atomic mass is 10.1. The van der Waals surface area contributed by atoms with Crippen molar-refractivity contribution < 1.29 is 9.47 Å². The number of pyridine rings is 1. The standard InChI is InChI=1S/C13H16N2O2/c1-8-4-5-11(17-3)13-12(8)10(14)6-9(15-13)7-16-2/h4-6H,7H2,1-3H3,(H2,14,15). The molecule has 0 bridgehead atoms. The van der Waals surface area contributed by atoms with E-state index < -0.39 is 0 Å². The maximum atomic E-state index is 6.06. The molecule has 4 heteroatoms. The molecule has 0 aliphatic heterocycles. The fourth-order valence-corrected chi connectivity index (χ4v) is 1.96. The van der Waals surface area contributed by atoms with Crippen LogP contribution < -0.4 is 10.5 Å². The summed E-state index contributed by atoms with van der Waals surface area (Å²) in [6, 6.07) is 5.73. The summed E-state index contributed by atoms with van der Waals surface area (Å²) in [5.74, 6) is 0.732. The molecule has 0 aliphatic rings. The van der Waals surface area contributed by atoms with Gasteiger partial charge in [0, 0.05) is 18.2 Å². The second-order valence-corrected chi connectivity index (χ2v) is 3.94. The van der Waals surface area contributed by atoms with Gasteiger partial charge in [-0.2, -0.15) is 0 Å². The summed E-state index contributed by atoms with van der Waals surface area (Å²) < 4.78 is 10.4. The molecule has 2 aromatic rings. The van der Waals surface area contributed by atoms with E-state index >= 15 is 0 Å². The Morgan fingerprint density at radius 3 is 2.71 bits per heavy atom. The van der Waals surface area contributed by atoms with Gasteiger partial charge < -0.3 is 15.2 Å². The summed E-state index contributed by atoms with van der Waals surface area (Å²) in [6.07, 6.45) is 0. The number of ether oxygens (including phenoxy) is 2. The van der Waals surface area contributed by atoms with Gasteiger partial charge in [-0.1, -0.05) is 6.07 Å². The van der Waals surface area contributed by atoms with Crippen LogP contribution in [-0.4, -0.2) is 19.2 Å². The third-order valence-electron chi connectivity index (χ3n) is 2.73. The van der Waals surface area contributed by atoms with Crippen LogP contribution in [0.2, 0.25) is 0 Å². The van der Waals surface area contributed by atoms with E-state index in [2.05, 4.69) is 4.98 Å². The Bertz CT molecular complexity index is 553. The number of aryl methyl sites for hydroxylation is 1. The molecule has 0 amide bonds. The lowest BCUT2D eigenvalue weighted by Gasteiger charge is -2.11. The number of nitrogen functional groups attached to an aromatic ring is 1. The van der Waals surface area contributed by atoms with Crippen molar-refractivity contribution in [3.63, 3.8) is 0 Å². The van der Waals surface area contributed by atoms with Crippen molar-refractivity contribution in [3.8, 4) is 5.75 Å². The monoisotopic (exact) mass is 232 g/mol. The second-order valence-electron chi connectivity index (χ2n) is 3.94. The fraction of sp³-hybridized carbons (Fsp3) is 0.308. The van der Waals surface area contributed by atoms with Crippen LogP contribution in [0.3, 0.4) is 0 Å².